The zero-order valence-electron chi connectivity index (χ0n) is 13.5. The summed E-state index contributed by atoms with van der Waals surface area (Å²) >= 11 is 0. The minimum atomic E-state index is -0.479. The number of halogens is 1. The van der Waals surface area contributed by atoms with Gasteiger partial charge in [-0.3, -0.25) is 4.79 Å². The Morgan fingerprint density at radius 1 is 1.48 bits per heavy atom. The molecule has 1 aromatic heterocycles. The number of aryl methyl sites for hydroxylation is 2. The summed E-state index contributed by atoms with van der Waals surface area (Å²) in [5.41, 5.74) is 7.77. The van der Waals surface area contributed by atoms with E-state index in [0.717, 1.165) is 24.1 Å². The van der Waals surface area contributed by atoms with Gasteiger partial charge >= 0.3 is 0 Å². The quantitative estimate of drug-likeness (QED) is 0.796. The molecule has 3 N–H and O–H groups in total. The average Bonchev–Trinajstić information content (AvgIpc) is 2.77. The van der Waals surface area contributed by atoms with Crippen molar-refractivity contribution in [2.75, 3.05) is 7.11 Å². The van der Waals surface area contributed by atoms with Crippen LogP contribution in [0.5, 0.6) is 5.88 Å². The van der Waals surface area contributed by atoms with E-state index in [1.165, 1.54) is 0 Å². The third kappa shape index (κ3) is 4.61. The number of nitrogens with zero attached hydrogens (tertiary/aromatic N) is 2. The summed E-state index contributed by atoms with van der Waals surface area (Å²) in [7, 11) is 3.43. The molecule has 0 aliphatic heterocycles. The molecular formula is C14H27ClN4O2. The molecule has 0 bridgehead atoms. The number of nitrogens with one attached hydrogen (secondary N) is 1. The van der Waals surface area contributed by atoms with Gasteiger partial charge in [-0.25, -0.2) is 4.68 Å². The lowest BCUT2D eigenvalue weighted by atomic mass is 9.99. The minimum absolute atomic E-state index is 0. The highest BCUT2D eigenvalue weighted by molar-refractivity contribution is 5.85. The van der Waals surface area contributed by atoms with Crippen LogP contribution in [0.25, 0.3) is 0 Å². The van der Waals surface area contributed by atoms with Crippen LogP contribution in [0.3, 0.4) is 0 Å². The number of rotatable bonds is 7. The first-order valence-electron chi connectivity index (χ1n) is 7.08. The van der Waals surface area contributed by atoms with Gasteiger partial charge in [-0.05, 0) is 12.3 Å². The van der Waals surface area contributed by atoms with E-state index in [0.29, 0.717) is 12.4 Å². The number of hydrogen-bond donors (Lipinski definition) is 2. The van der Waals surface area contributed by atoms with Crippen LogP contribution in [0.2, 0.25) is 0 Å². The Labute approximate surface area is 132 Å². The number of nitrogens with two attached hydrogens (primary N) is 1. The molecule has 122 valence electrons. The third-order valence-electron chi connectivity index (χ3n) is 3.70. The molecule has 21 heavy (non-hydrogen) atoms. The van der Waals surface area contributed by atoms with E-state index in [9.17, 15) is 4.79 Å². The summed E-state index contributed by atoms with van der Waals surface area (Å²) in [5, 5.41) is 7.26. The highest BCUT2D eigenvalue weighted by Gasteiger charge is 2.21. The van der Waals surface area contributed by atoms with Crippen molar-refractivity contribution in [3.05, 3.63) is 11.3 Å². The maximum Gasteiger partial charge on any atom is 0.237 e. The number of amides is 1. The smallest absolute Gasteiger partial charge is 0.237 e. The van der Waals surface area contributed by atoms with Crippen molar-refractivity contribution < 1.29 is 9.53 Å². The largest absolute Gasteiger partial charge is 0.481 e. The molecule has 2 unspecified atom stereocenters. The van der Waals surface area contributed by atoms with Gasteiger partial charge in [0.2, 0.25) is 11.8 Å². The minimum Gasteiger partial charge on any atom is -0.481 e. The van der Waals surface area contributed by atoms with Gasteiger partial charge in [0.1, 0.15) is 0 Å². The fourth-order valence-corrected chi connectivity index (χ4v) is 2.13. The number of hydrogen-bond acceptors (Lipinski definition) is 4. The van der Waals surface area contributed by atoms with E-state index in [-0.39, 0.29) is 24.2 Å². The number of carbonyl (C=O) groups is 1. The fourth-order valence-electron chi connectivity index (χ4n) is 2.13. The number of methoxy groups -OCH3 is 1. The van der Waals surface area contributed by atoms with Gasteiger partial charge in [0.05, 0.1) is 31.0 Å². The summed E-state index contributed by atoms with van der Waals surface area (Å²) in [6.07, 6.45) is 1.67. The maximum absolute atomic E-state index is 12.0. The second-order valence-electron chi connectivity index (χ2n) is 5.04. The monoisotopic (exact) mass is 318 g/mol. The van der Waals surface area contributed by atoms with Crippen molar-refractivity contribution in [3.63, 3.8) is 0 Å². The summed E-state index contributed by atoms with van der Waals surface area (Å²) in [6.45, 7) is 6.42. The van der Waals surface area contributed by atoms with Crippen LogP contribution in [0.15, 0.2) is 0 Å². The molecule has 1 aromatic rings. The van der Waals surface area contributed by atoms with E-state index in [2.05, 4.69) is 10.4 Å². The molecule has 1 amide bonds. The standard InChI is InChI=1S/C14H26N4O2.ClH/c1-6-9(3)12(15)13(19)16-8-10-11(7-2)17-18(4)14(10)20-5;/h9,12H,6-8,15H2,1-5H3,(H,16,19);1H. The zero-order chi connectivity index (χ0) is 15.3. The van der Waals surface area contributed by atoms with E-state index < -0.39 is 6.04 Å². The average molecular weight is 319 g/mol. The molecule has 0 aromatic carbocycles. The van der Waals surface area contributed by atoms with Crippen molar-refractivity contribution in [1.29, 1.82) is 0 Å². The predicted octanol–water partition coefficient (Wildman–Crippen LogP) is 1.40. The Morgan fingerprint density at radius 3 is 2.57 bits per heavy atom. The molecule has 2 atom stereocenters. The molecule has 1 rings (SSSR count). The van der Waals surface area contributed by atoms with E-state index in [4.69, 9.17) is 10.5 Å². The van der Waals surface area contributed by atoms with Gasteiger partial charge in [0, 0.05) is 7.05 Å². The SMILES string of the molecule is CCc1nn(C)c(OC)c1CNC(=O)C(N)C(C)CC.Cl. The Morgan fingerprint density at radius 2 is 2.10 bits per heavy atom. The van der Waals surface area contributed by atoms with Gasteiger partial charge in [-0.1, -0.05) is 27.2 Å². The topological polar surface area (TPSA) is 82.2 Å². The molecule has 0 saturated heterocycles. The lowest BCUT2D eigenvalue weighted by molar-refractivity contribution is -0.123. The summed E-state index contributed by atoms with van der Waals surface area (Å²) < 4.78 is 7.03. The molecular weight excluding hydrogens is 292 g/mol. The predicted molar refractivity (Wildman–Crippen MR) is 85.7 cm³/mol. The van der Waals surface area contributed by atoms with Crippen molar-refractivity contribution in [3.8, 4) is 5.88 Å². The van der Waals surface area contributed by atoms with Crippen LogP contribution in [0.1, 0.15) is 38.4 Å². The maximum atomic E-state index is 12.0. The van der Waals surface area contributed by atoms with Gasteiger partial charge < -0.3 is 15.8 Å². The van der Waals surface area contributed by atoms with Crippen LogP contribution in [0.4, 0.5) is 0 Å². The van der Waals surface area contributed by atoms with Gasteiger partial charge in [0.25, 0.3) is 0 Å². The van der Waals surface area contributed by atoms with Gasteiger partial charge in [-0.2, -0.15) is 5.10 Å². The Kier molecular flexibility index (Phi) is 8.36. The Bertz CT molecular complexity index is 462. The second-order valence-corrected chi connectivity index (χ2v) is 5.04. The van der Waals surface area contributed by atoms with Gasteiger partial charge in [-0.15, -0.1) is 12.4 Å². The first-order chi connectivity index (χ1) is 9.46. The number of carbonyl (C=O) groups excluding carboxylic acids is 1. The fraction of sp³-hybridized carbons (Fsp3) is 0.714. The molecule has 0 aliphatic carbocycles. The van der Waals surface area contributed by atoms with Crippen LogP contribution in [-0.2, 0) is 24.8 Å². The summed E-state index contributed by atoms with van der Waals surface area (Å²) in [6, 6.07) is -0.479. The molecule has 0 radical (unpaired) electrons. The highest BCUT2D eigenvalue weighted by Crippen LogP contribution is 2.21. The second kappa shape index (κ2) is 8.89. The van der Waals surface area contributed by atoms with Crippen LogP contribution in [0, 0.1) is 5.92 Å². The van der Waals surface area contributed by atoms with Crippen molar-refractivity contribution in [2.45, 2.75) is 46.2 Å². The highest BCUT2D eigenvalue weighted by atomic mass is 35.5. The molecule has 6 nitrogen and oxygen atoms in total. The van der Waals surface area contributed by atoms with Crippen molar-refractivity contribution in [2.24, 2.45) is 18.7 Å². The lowest BCUT2D eigenvalue weighted by Gasteiger charge is -2.17. The van der Waals surface area contributed by atoms with Crippen LogP contribution in [-0.4, -0.2) is 28.8 Å². The molecule has 0 aliphatic rings. The van der Waals surface area contributed by atoms with Crippen molar-refractivity contribution in [1.82, 2.24) is 15.1 Å². The first kappa shape index (κ1) is 19.7. The summed E-state index contributed by atoms with van der Waals surface area (Å²) in [5.74, 6) is 0.711. The molecule has 7 heteroatoms. The van der Waals surface area contributed by atoms with E-state index >= 15 is 0 Å². The molecule has 1 heterocycles. The van der Waals surface area contributed by atoms with Crippen molar-refractivity contribution >= 4 is 18.3 Å². The third-order valence-corrected chi connectivity index (χ3v) is 3.70. The van der Waals surface area contributed by atoms with Crippen LogP contribution < -0.4 is 15.8 Å². The summed E-state index contributed by atoms with van der Waals surface area (Å²) in [4.78, 5) is 12.0. The van der Waals surface area contributed by atoms with Crippen LogP contribution >= 0.6 is 12.4 Å². The Hall–Kier alpha value is -1.27. The number of aromatic nitrogens is 2. The van der Waals surface area contributed by atoms with E-state index in [1.807, 2.05) is 27.8 Å². The molecule has 0 saturated carbocycles. The number of ether oxygens (including phenoxy) is 1. The zero-order valence-corrected chi connectivity index (χ0v) is 14.3. The normalized spacial score (nSPS) is 13.2. The Balaban J connectivity index is 0.00000400. The van der Waals surface area contributed by atoms with Gasteiger partial charge in [0.15, 0.2) is 0 Å². The van der Waals surface area contributed by atoms with E-state index in [1.54, 1.807) is 11.8 Å². The molecule has 0 fully saturated rings. The first-order valence-corrected chi connectivity index (χ1v) is 7.08. The molecule has 0 spiro atoms. The lowest BCUT2D eigenvalue weighted by Crippen LogP contribution is -2.44.